The second-order valence-electron chi connectivity index (χ2n) is 5.57. The molecule has 1 aliphatic carbocycles. The SMILES string of the molecule is NCC1CCCCC1Nc1ccc2c(c1)C(=O)NC2=O. The standard InChI is InChI=1S/C15H19N3O2/c16-8-9-3-1-2-4-13(9)17-10-5-6-11-12(7-10)15(20)18-14(11)19/h5-7,9,13,17H,1-4,8,16H2,(H,18,19,20). The minimum Gasteiger partial charge on any atom is -0.382 e. The van der Waals surface area contributed by atoms with Crippen LogP contribution in [0.25, 0.3) is 0 Å². The van der Waals surface area contributed by atoms with E-state index in [9.17, 15) is 9.59 Å². The number of carbonyl (C=O) groups excluding carboxylic acids is 2. The summed E-state index contributed by atoms with van der Waals surface area (Å²) in [7, 11) is 0. The number of imide groups is 1. The van der Waals surface area contributed by atoms with Gasteiger partial charge in [-0.15, -0.1) is 0 Å². The zero-order valence-corrected chi connectivity index (χ0v) is 11.3. The molecule has 0 spiro atoms. The van der Waals surface area contributed by atoms with Crippen LogP contribution in [0.2, 0.25) is 0 Å². The van der Waals surface area contributed by atoms with E-state index in [0.29, 0.717) is 29.6 Å². The zero-order chi connectivity index (χ0) is 14.1. The molecule has 1 fully saturated rings. The monoisotopic (exact) mass is 273 g/mol. The van der Waals surface area contributed by atoms with Crippen LogP contribution in [-0.4, -0.2) is 24.4 Å². The average molecular weight is 273 g/mol. The Labute approximate surface area is 117 Å². The lowest BCUT2D eigenvalue weighted by atomic mass is 9.84. The van der Waals surface area contributed by atoms with Crippen LogP contribution in [0, 0.1) is 5.92 Å². The third kappa shape index (κ3) is 2.29. The first kappa shape index (κ1) is 13.1. The highest BCUT2D eigenvalue weighted by Gasteiger charge is 2.28. The number of nitrogens with one attached hydrogen (secondary N) is 2. The summed E-state index contributed by atoms with van der Waals surface area (Å²) in [4.78, 5) is 23.2. The van der Waals surface area contributed by atoms with Gasteiger partial charge in [-0.1, -0.05) is 12.8 Å². The third-order valence-corrected chi connectivity index (χ3v) is 4.30. The molecule has 0 aromatic heterocycles. The van der Waals surface area contributed by atoms with Crippen LogP contribution >= 0.6 is 0 Å². The number of hydrogen-bond acceptors (Lipinski definition) is 4. The Bertz CT molecular complexity index is 556. The number of fused-ring (bicyclic) bond motifs is 1. The first-order valence-corrected chi connectivity index (χ1v) is 7.15. The molecule has 2 unspecified atom stereocenters. The van der Waals surface area contributed by atoms with Gasteiger partial charge in [0.25, 0.3) is 11.8 Å². The van der Waals surface area contributed by atoms with Gasteiger partial charge in [0, 0.05) is 11.7 Å². The van der Waals surface area contributed by atoms with Gasteiger partial charge >= 0.3 is 0 Å². The van der Waals surface area contributed by atoms with E-state index in [4.69, 9.17) is 5.73 Å². The summed E-state index contributed by atoms with van der Waals surface area (Å²) in [6, 6.07) is 5.68. The van der Waals surface area contributed by atoms with E-state index in [2.05, 4.69) is 10.6 Å². The minimum atomic E-state index is -0.312. The largest absolute Gasteiger partial charge is 0.382 e. The smallest absolute Gasteiger partial charge is 0.259 e. The van der Waals surface area contributed by atoms with Crippen LogP contribution in [0.5, 0.6) is 0 Å². The maximum atomic E-state index is 11.7. The molecule has 1 aromatic rings. The molecule has 0 radical (unpaired) electrons. The fourth-order valence-corrected chi connectivity index (χ4v) is 3.15. The van der Waals surface area contributed by atoms with E-state index in [1.54, 1.807) is 12.1 Å². The van der Waals surface area contributed by atoms with Gasteiger partial charge < -0.3 is 11.1 Å². The average Bonchev–Trinajstić information content (AvgIpc) is 2.74. The molecule has 1 aliphatic heterocycles. The lowest BCUT2D eigenvalue weighted by Crippen LogP contribution is -2.36. The Morgan fingerprint density at radius 3 is 2.70 bits per heavy atom. The number of nitrogens with two attached hydrogens (primary N) is 1. The van der Waals surface area contributed by atoms with Crippen molar-refractivity contribution >= 4 is 17.5 Å². The Morgan fingerprint density at radius 2 is 1.90 bits per heavy atom. The van der Waals surface area contributed by atoms with Crippen molar-refractivity contribution < 1.29 is 9.59 Å². The highest BCUT2D eigenvalue weighted by Crippen LogP contribution is 2.28. The molecule has 5 nitrogen and oxygen atoms in total. The molecule has 3 rings (SSSR count). The topological polar surface area (TPSA) is 84.2 Å². The molecule has 20 heavy (non-hydrogen) atoms. The van der Waals surface area contributed by atoms with Crippen LogP contribution in [0.15, 0.2) is 18.2 Å². The third-order valence-electron chi connectivity index (χ3n) is 4.30. The second kappa shape index (κ2) is 5.25. The number of carbonyl (C=O) groups is 2. The second-order valence-corrected chi connectivity index (χ2v) is 5.57. The van der Waals surface area contributed by atoms with E-state index in [0.717, 1.165) is 18.5 Å². The molecule has 0 bridgehead atoms. The summed E-state index contributed by atoms with van der Waals surface area (Å²) >= 11 is 0. The van der Waals surface area contributed by atoms with Crippen molar-refractivity contribution in [1.29, 1.82) is 0 Å². The quantitative estimate of drug-likeness (QED) is 0.729. The Hall–Kier alpha value is -1.88. The molecule has 2 amide bonds. The highest BCUT2D eigenvalue weighted by molar-refractivity contribution is 6.21. The molecule has 106 valence electrons. The zero-order valence-electron chi connectivity index (χ0n) is 11.3. The molecule has 2 atom stereocenters. The highest BCUT2D eigenvalue weighted by atomic mass is 16.2. The summed E-state index contributed by atoms with van der Waals surface area (Å²) in [5, 5.41) is 5.78. The fraction of sp³-hybridized carbons (Fsp3) is 0.467. The summed E-state index contributed by atoms with van der Waals surface area (Å²) in [6.07, 6.45) is 4.70. The van der Waals surface area contributed by atoms with Gasteiger partial charge in [-0.2, -0.15) is 0 Å². The number of hydrogen-bond donors (Lipinski definition) is 3. The lowest BCUT2D eigenvalue weighted by Gasteiger charge is -2.32. The van der Waals surface area contributed by atoms with Gasteiger partial charge in [-0.25, -0.2) is 0 Å². The Morgan fingerprint density at radius 1 is 1.15 bits per heavy atom. The fourth-order valence-electron chi connectivity index (χ4n) is 3.15. The van der Waals surface area contributed by atoms with E-state index in [1.807, 2.05) is 6.07 Å². The normalized spacial score (nSPS) is 25.2. The maximum Gasteiger partial charge on any atom is 0.259 e. The Kier molecular flexibility index (Phi) is 3.44. The van der Waals surface area contributed by atoms with Gasteiger partial charge in [0.05, 0.1) is 11.1 Å². The number of amides is 2. The molecular weight excluding hydrogens is 254 g/mol. The summed E-state index contributed by atoms with van der Waals surface area (Å²) in [5.41, 5.74) is 7.63. The van der Waals surface area contributed by atoms with Crippen molar-refractivity contribution in [3.8, 4) is 0 Å². The number of rotatable bonds is 3. The van der Waals surface area contributed by atoms with Crippen molar-refractivity contribution in [2.75, 3.05) is 11.9 Å². The van der Waals surface area contributed by atoms with Gasteiger partial charge in [-0.05, 0) is 43.5 Å². The van der Waals surface area contributed by atoms with Crippen molar-refractivity contribution in [2.24, 2.45) is 11.7 Å². The van der Waals surface area contributed by atoms with Crippen molar-refractivity contribution in [2.45, 2.75) is 31.7 Å². The molecule has 2 aliphatic rings. The van der Waals surface area contributed by atoms with Crippen molar-refractivity contribution in [3.63, 3.8) is 0 Å². The van der Waals surface area contributed by atoms with Crippen LogP contribution in [0.4, 0.5) is 5.69 Å². The molecular formula is C15H19N3O2. The van der Waals surface area contributed by atoms with E-state index >= 15 is 0 Å². The van der Waals surface area contributed by atoms with Gasteiger partial charge in [0.1, 0.15) is 0 Å². The van der Waals surface area contributed by atoms with Crippen LogP contribution in [-0.2, 0) is 0 Å². The first-order valence-electron chi connectivity index (χ1n) is 7.15. The minimum absolute atomic E-state index is 0.311. The number of benzene rings is 1. The molecule has 1 heterocycles. The van der Waals surface area contributed by atoms with E-state index < -0.39 is 0 Å². The van der Waals surface area contributed by atoms with Crippen molar-refractivity contribution in [1.82, 2.24) is 5.32 Å². The van der Waals surface area contributed by atoms with Crippen LogP contribution < -0.4 is 16.4 Å². The maximum absolute atomic E-state index is 11.7. The Balaban J connectivity index is 1.80. The van der Waals surface area contributed by atoms with Gasteiger partial charge in [0.2, 0.25) is 0 Å². The van der Waals surface area contributed by atoms with Crippen molar-refractivity contribution in [3.05, 3.63) is 29.3 Å². The van der Waals surface area contributed by atoms with Crippen LogP contribution in [0.3, 0.4) is 0 Å². The predicted octanol–water partition coefficient (Wildman–Crippen LogP) is 1.50. The molecule has 0 saturated heterocycles. The predicted molar refractivity (Wildman–Crippen MR) is 76.7 cm³/mol. The summed E-state index contributed by atoms with van der Waals surface area (Å²) < 4.78 is 0. The summed E-state index contributed by atoms with van der Waals surface area (Å²) in [6.45, 7) is 0.682. The number of anilines is 1. The first-order chi connectivity index (χ1) is 9.69. The van der Waals surface area contributed by atoms with Crippen LogP contribution in [0.1, 0.15) is 46.4 Å². The van der Waals surface area contributed by atoms with Gasteiger partial charge in [0.15, 0.2) is 0 Å². The van der Waals surface area contributed by atoms with Gasteiger partial charge in [-0.3, -0.25) is 14.9 Å². The van der Waals surface area contributed by atoms with E-state index in [-0.39, 0.29) is 11.8 Å². The summed E-state index contributed by atoms with van der Waals surface area (Å²) in [5.74, 6) is -0.144. The van der Waals surface area contributed by atoms with E-state index in [1.165, 1.54) is 12.8 Å². The lowest BCUT2D eigenvalue weighted by molar-refractivity contribution is 0.0879. The molecule has 5 heteroatoms. The molecule has 4 N–H and O–H groups in total. The molecule has 1 aromatic carbocycles. The molecule has 1 saturated carbocycles.